The molecule has 1 fully saturated rings. The molecule has 1 amide bonds. The topological polar surface area (TPSA) is 58.4 Å². The van der Waals surface area contributed by atoms with Gasteiger partial charge in [0.2, 0.25) is 5.56 Å². The van der Waals surface area contributed by atoms with Gasteiger partial charge in [-0.3, -0.25) is 14.6 Å². The Morgan fingerprint density at radius 2 is 2.00 bits per heavy atom. The van der Waals surface area contributed by atoms with Crippen molar-refractivity contribution in [2.24, 2.45) is 7.05 Å². The van der Waals surface area contributed by atoms with Crippen LogP contribution in [-0.2, 0) is 13.5 Å². The first-order valence-electron chi connectivity index (χ1n) is 9.68. The van der Waals surface area contributed by atoms with Crippen LogP contribution < -0.4 is 5.56 Å². The number of amides is 1. The number of aryl methyl sites for hydroxylation is 1. The number of hydrogen-bond donors (Lipinski definition) is 0. The predicted molar refractivity (Wildman–Crippen MR) is 106 cm³/mol. The molecule has 0 spiro atoms. The van der Waals surface area contributed by atoms with Crippen LogP contribution in [0.15, 0.2) is 47.5 Å². The van der Waals surface area contributed by atoms with Crippen molar-refractivity contribution >= 4 is 5.91 Å². The molecule has 2 aromatic heterocycles. The third-order valence-electron chi connectivity index (χ3n) is 5.37. The zero-order valence-electron chi connectivity index (χ0n) is 16.2. The number of likely N-dealkylation sites (tertiary alicyclic amines) is 1. The molecule has 1 aliphatic heterocycles. The van der Waals surface area contributed by atoms with Crippen molar-refractivity contribution in [1.29, 1.82) is 0 Å². The van der Waals surface area contributed by atoms with Gasteiger partial charge < -0.3 is 14.4 Å². The summed E-state index contributed by atoms with van der Waals surface area (Å²) < 4.78 is 1.46. The van der Waals surface area contributed by atoms with Crippen molar-refractivity contribution in [3.63, 3.8) is 0 Å². The summed E-state index contributed by atoms with van der Waals surface area (Å²) in [5, 5.41) is 0. The van der Waals surface area contributed by atoms with E-state index in [4.69, 9.17) is 0 Å². The van der Waals surface area contributed by atoms with E-state index in [2.05, 4.69) is 16.8 Å². The Morgan fingerprint density at radius 3 is 2.63 bits per heavy atom. The van der Waals surface area contributed by atoms with Crippen molar-refractivity contribution in [2.45, 2.75) is 32.2 Å². The van der Waals surface area contributed by atoms with Gasteiger partial charge in [0.25, 0.3) is 5.91 Å². The fourth-order valence-corrected chi connectivity index (χ4v) is 3.66. The van der Waals surface area contributed by atoms with Crippen LogP contribution in [0, 0.1) is 0 Å². The third-order valence-corrected chi connectivity index (χ3v) is 5.37. The molecule has 0 aliphatic carbocycles. The van der Waals surface area contributed by atoms with E-state index in [9.17, 15) is 9.59 Å². The van der Waals surface area contributed by atoms with Gasteiger partial charge in [0.05, 0.1) is 5.56 Å². The minimum Gasteiger partial charge on any atom is -0.335 e. The van der Waals surface area contributed by atoms with Gasteiger partial charge in [-0.05, 0) is 37.6 Å². The maximum Gasteiger partial charge on any atom is 0.255 e. The Hall–Kier alpha value is -2.47. The van der Waals surface area contributed by atoms with Crippen molar-refractivity contribution in [3.8, 4) is 0 Å². The minimum absolute atomic E-state index is 0.00326. The van der Waals surface area contributed by atoms with Crippen LogP contribution in [0.25, 0.3) is 0 Å². The van der Waals surface area contributed by atoms with Crippen molar-refractivity contribution in [3.05, 3.63) is 64.3 Å². The van der Waals surface area contributed by atoms with Gasteiger partial charge in [-0.15, -0.1) is 0 Å². The molecule has 6 nitrogen and oxygen atoms in total. The molecule has 2 aromatic rings. The second-order valence-corrected chi connectivity index (χ2v) is 7.10. The van der Waals surface area contributed by atoms with Crippen molar-refractivity contribution < 1.29 is 4.79 Å². The number of carbonyl (C=O) groups excluding carboxylic acids is 1. The van der Waals surface area contributed by atoms with Crippen LogP contribution in [0.1, 0.15) is 35.8 Å². The summed E-state index contributed by atoms with van der Waals surface area (Å²) in [6.45, 7) is 5.89. The number of piperidine rings is 1. The molecule has 27 heavy (non-hydrogen) atoms. The van der Waals surface area contributed by atoms with Gasteiger partial charge >= 0.3 is 0 Å². The van der Waals surface area contributed by atoms with Gasteiger partial charge in [-0.25, -0.2) is 0 Å². The van der Waals surface area contributed by atoms with Gasteiger partial charge in [0.15, 0.2) is 0 Å². The average molecular weight is 368 g/mol. The Morgan fingerprint density at radius 1 is 1.22 bits per heavy atom. The lowest BCUT2D eigenvalue weighted by Crippen LogP contribution is -2.48. The highest BCUT2D eigenvalue weighted by Crippen LogP contribution is 2.19. The molecule has 1 aliphatic rings. The highest BCUT2D eigenvalue weighted by molar-refractivity contribution is 5.94. The molecule has 0 bridgehead atoms. The number of hydrogen-bond acceptors (Lipinski definition) is 4. The number of pyridine rings is 2. The first-order chi connectivity index (χ1) is 13.1. The second-order valence-electron chi connectivity index (χ2n) is 7.10. The molecule has 0 unspecified atom stereocenters. The highest BCUT2D eigenvalue weighted by Gasteiger charge is 2.28. The summed E-state index contributed by atoms with van der Waals surface area (Å²) in [5.41, 5.74) is 1.45. The smallest absolute Gasteiger partial charge is 0.255 e. The molecule has 1 saturated heterocycles. The predicted octanol–water partition coefficient (Wildman–Crippen LogP) is 1.95. The lowest BCUT2D eigenvalue weighted by molar-refractivity contribution is 0.0578. The van der Waals surface area contributed by atoms with E-state index >= 15 is 0 Å². The molecule has 0 N–H and O–H groups in total. The molecule has 3 heterocycles. The van der Waals surface area contributed by atoms with Gasteiger partial charge in [-0.1, -0.05) is 13.0 Å². The number of nitrogens with zero attached hydrogens (tertiary/aromatic N) is 4. The van der Waals surface area contributed by atoms with Crippen LogP contribution in [0.2, 0.25) is 0 Å². The van der Waals surface area contributed by atoms with Crippen LogP contribution in [0.3, 0.4) is 0 Å². The summed E-state index contributed by atoms with van der Waals surface area (Å²) in [5.74, 6) is -0.00326. The summed E-state index contributed by atoms with van der Waals surface area (Å²) in [6.07, 6.45) is 6.11. The van der Waals surface area contributed by atoms with E-state index in [0.29, 0.717) is 12.1 Å². The molecular weight excluding hydrogens is 340 g/mol. The largest absolute Gasteiger partial charge is 0.335 e. The lowest BCUT2D eigenvalue weighted by Gasteiger charge is -2.38. The first kappa shape index (κ1) is 19.3. The Balaban J connectivity index is 1.78. The van der Waals surface area contributed by atoms with E-state index in [0.717, 1.165) is 44.6 Å². The molecule has 0 radical (unpaired) electrons. The summed E-state index contributed by atoms with van der Waals surface area (Å²) in [4.78, 5) is 33.7. The van der Waals surface area contributed by atoms with Crippen molar-refractivity contribution in [1.82, 2.24) is 19.4 Å². The molecule has 6 heteroatoms. The van der Waals surface area contributed by atoms with E-state index in [-0.39, 0.29) is 17.5 Å². The highest BCUT2D eigenvalue weighted by atomic mass is 16.2. The van der Waals surface area contributed by atoms with Crippen LogP contribution in [0.5, 0.6) is 0 Å². The Bertz CT molecular complexity index is 810. The van der Waals surface area contributed by atoms with Crippen LogP contribution >= 0.6 is 0 Å². The molecule has 0 aromatic carbocycles. The van der Waals surface area contributed by atoms with E-state index in [1.54, 1.807) is 25.5 Å². The monoisotopic (exact) mass is 368 g/mol. The molecule has 0 saturated carbocycles. The average Bonchev–Trinajstić information content (AvgIpc) is 2.71. The number of aromatic nitrogens is 2. The lowest BCUT2D eigenvalue weighted by atomic mass is 10.0. The SMILES string of the molecule is CCN1CCC(N(CCc2ccccn2)C(=O)c2ccc(=O)n(C)c2)CC1. The zero-order chi connectivity index (χ0) is 19.2. The van der Waals surface area contributed by atoms with Crippen LogP contribution in [-0.4, -0.2) is 57.5 Å². The summed E-state index contributed by atoms with van der Waals surface area (Å²) >= 11 is 0. The molecule has 3 rings (SSSR count). The van der Waals surface area contributed by atoms with E-state index in [1.807, 2.05) is 23.1 Å². The molecular formula is C21H28N4O2. The Kier molecular flexibility index (Phi) is 6.40. The van der Waals surface area contributed by atoms with E-state index in [1.165, 1.54) is 10.6 Å². The van der Waals surface area contributed by atoms with Gasteiger partial charge in [0, 0.05) is 63.3 Å². The normalized spacial score (nSPS) is 15.6. The van der Waals surface area contributed by atoms with Crippen LogP contribution in [0.4, 0.5) is 0 Å². The van der Waals surface area contributed by atoms with Gasteiger partial charge in [-0.2, -0.15) is 0 Å². The standard InChI is InChI=1S/C21H28N4O2/c1-3-24-13-10-19(11-14-24)25(15-9-18-6-4-5-12-22-18)21(27)17-7-8-20(26)23(2)16-17/h4-8,12,16,19H,3,9-11,13-15H2,1-2H3. The molecule has 144 valence electrons. The van der Waals surface area contributed by atoms with Gasteiger partial charge in [0.1, 0.15) is 0 Å². The number of rotatable bonds is 6. The minimum atomic E-state index is -0.108. The first-order valence-corrected chi connectivity index (χ1v) is 9.68. The maximum absolute atomic E-state index is 13.3. The fraction of sp³-hybridized carbons (Fsp3) is 0.476. The molecule has 0 atom stereocenters. The second kappa shape index (κ2) is 8.95. The third kappa shape index (κ3) is 4.83. The summed E-state index contributed by atoms with van der Waals surface area (Å²) in [6, 6.07) is 9.19. The van der Waals surface area contributed by atoms with Crippen molar-refractivity contribution in [2.75, 3.05) is 26.2 Å². The summed E-state index contributed by atoms with van der Waals surface area (Å²) in [7, 11) is 1.68. The number of carbonyl (C=O) groups is 1. The maximum atomic E-state index is 13.3. The van der Waals surface area contributed by atoms with E-state index < -0.39 is 0 Å². The fourth-order valence-electron chi connectivity index (χ4n) is 3.66. The quantitative estimate of drug-likeness (QED) is 0.782. The zero-order valence-corrected chi connectivity index (χ0v) is 16.2. The Labute approximate surface area is 160 Å².